The van der Waals surface area contributed by atoms with Crippen LogP contribution in [-0.2, 0) is 4.74 Å². The smallest absolute Gasteiger partial charge is 0.193 e. The van der Waals surface area contributed by atoms with Gasteiger partial charge in [0.05, 0.1) is 13.2 Å². The lowest BCUT2D eigenvalue weighted by Crippen LogP contribution is -2.46. The van der Waals surface area contributed by atoms with Crippen molar-refractivity contribution in [3.63, 3.8) is 0 Å². The number of rotatable bonds is 7. The number of morpholine rings is 1. The molecular weight excluding hydrogens is 338 g/mol. The minimum absolute atomic E-state index is 0.666. The maximum Gasteiger partial charge on any atom is 0.193 e. The van der Waals surface area contributed by atoms with Crippen LogP contribution in [0.5, 0.6) is 0 Å². The van der Waals surface area contributed by atoms with Gasteiger partial charge in [-0.25, -0.2) is 0 Å². The molecule has 6 heteroatoms. The number of unbranched alkanes of at least 4 members (excludes halogenated alkanes) is 1. The predicted octanol–water partition coefficient (Wildman–Crippen LogP) is 1.87. The predicted molar refractivity (Wildman–Crippen MR) is 112 cm³/mol. The van der Waals surface area contributed by atoms with E-state index in [0.29, 0.717) is 6.04 Å². The first-order valence-corrected chi connectivity index (χ1v) is 11.3. The van der Waals surface area contributed by atoms with Crippen LogP contribution in [0.4, 0.5) is 0 Å². The third-order valence-electron chi connectivity index (χ3n) is 6.25. The second-order valence-electron chi connectivity index (χ2n) is 8.53. The Morgan fingerprint density at radius 3 is 2.70 bits per heavy atom. The average molecular weight is 380 g/mol. The molecule has 2 atom stereocenters. The molecule has 156 valence electrons. The summed E-state index contributed by atoms with van der Waals surface area (Å²) in [5.74, 6) is 2.01. The zero-order valence-electron chi connectivity index (χ0n) is 17.7. The van der Waals surface area contributed by atoms with E-state index in [0.717, 1.165) is 64.4 Å². The molecule has 0 spiro atoms. The maximum absolute atomic E-state index is 5.50. The van der Waals surface area contributed by atoms with Crippen LogP contribution in [0.2, 0.25) is 0 Å². The van der Waals surface area contributed by atoms with Crippen molar-refractivity contribution >= 4 is 5.96 Å². The highest BCUT2D eigenvalue weighted by atomic mass is 16.5. The van der Waals surface area contributed by atoms with Gasteiger partial charge in [0.1, 0.15) is 0 Å². The van der Waals surface area contributed by atoms with Crippen LogP contribution in [0.3, 0.4) is 0 Å². The normalized spacial score (nSPS) is 28.7. The van der Waals surface area contributed by atoms with E-state index in [1.165, 1.54) is 51.7 Å². The summed E-state index contributed by atoms with van der Waals surface area (Å²) in [5, 5.41) is 3.52. The molecule has 3 aliphatic rings. The van der Waals surface area contributed by atoms with Gasteiger partial charge in [-0.3, -0.25) is 9.89 Å². The second kappa shape index (κ2) is 11.2. The van der Waals surface area contributed by atoms with E-state index in [2.05, 4.69) is 33.9 Å². The Hall–Kier alpha value is -0.850. The molecule has 0 aromatic rings. The monoisotopic (exact) mass is 379 g/mol. The lowest BCUT2D eigenvalue weighted by Gasteiger charge is -2.32. The van der Waals surface area contributed by atoms with E-state index >= 15 is 0 Å². The third-order valence-corrected chi connectivity index (χ3v) is 6.25. The summed E-state index contributed by atoms with van der Waals surface area (Å²) < 4.78 is 5.50. The van der Waals surface area contributed by atoms with E-state index in [-0.39, 0.29) is 0 Å². The Kier molecular flexibility index (Phi) is 8.68. The van der Waals surface area contributed by atoms with Crippen molar-refractivity contribution in [1.82, 2.24) is 20.0 Å². The van der Waals surface area contributed by atoms with E-state index in [1.54, 1.807) is 0 Å². The van der Waals surface area contributed by atoms with Gasteiger partial charge in [-0.15, -0.1) is 0 Å². The molecule has 0 aromatic carbocycles. The number of aliphatic imine (C=N–C) groups is 1. The molecule has 0 saturated carbocycles. The van der Waals surface area contributed by atoms with Crippen molar-refractivity contribution in [2.75, 3.05) is 72.1 Å². The van der Waals surface area contributed by atoms with Crippen LogP contribution >= 0.6 is 0 Å². The molecule has 27 heavy (non-hydrogen) atoms. The lowest BCUT2D eigenvalue weighted by molar-refractivity contribution is 0.0195. The van der Waals surface area contributed by atoms with Gasteiger partial charge in [-0.1, -0.05) is 6.92 Å². The van der Waals surface area contributed by atoms with E-state index in [4.69, 9.17) is 9.73 Å². The molecule has 6 nitrogen and oxygen atoms in total. The standard InChI is InChI=1S/C21H41N5O/c1-3-22-21(23-9-4-5-10-24-11-6-7-19(2)17-24)26-12-8-20(18-26)25-13-15-27-16-14-25/h19-20H,3-18H2,1-2H3,(H,22,23). The summed E-state index contributed by atoms with van der Waals surface area (Å²) in [6.45, 7) is 16.5. The van der Waals surface area contributed by atoms with Gasteiger partial charge in [0.15, 0.2) is 5.96 Å². The van der Waals surface area contributed by atoms with Gasteiger partial charge in [0, 0.05) is 51.9 Å². The molecule has 3 fully saturated rings. The topological polar surface area (TPSA) is 43.3 Å². The molecule has 0 bridgehead atoms. The highest BCUT2D eigenvalue weighted by molar-refractivity contribution is 5.80. The highest BCUT2D eigenvalue weighted by Crippen LogP contribution is 2.18. The molecule has 0 aliphatic carbocycles. The molecule has 3 saturated heterocycles. The van der Waals surface area contributed by atoms with Crippen molar-refractivity contribution in [3.8, 4) is 0 Å². The minimum Gasteiger partial charge on any atom is -0.379 e. The number of ether oxygens (including phenoxy) is 1. The Morgan fingerprint density at radius 2 is 1.93 bits per heavy atom. The highest BCUT2D eigenvalue weighted by Gasteiger charge is 2.30. The quantitative estimate of drug-likeness (QED) is 0.416. The van der Waals surface area contributed by atoms with Crippen molar-refractivity contribution < 1.29 is 4.74 Å². The van der Waals surface area contributed by atoms with Crippen molar-refractivity contribution in [3.05, 3.63) is 0 Å². The number of hydrogen-bond donors (Lipinski definition) is 1. The fraction of sp³-hybridized carbons (Fsp3) is 0.952. The molecule has 0 aromatic heterocycles. The third kappa shape index (κ3) is 6.61. The largest absolute Gasteiger partial charge is 0.379 e. The molecule has 0 amide bonds. The van der Waals surface area contributed by atoms with E-state index in [1.807, 2.05) is 0 Å². The Bertz CT molecular complexity index is 452. The van der Waals surface area contributed by atoms with Gasteiger partial charge in [0.2, 0.25) is 0 Å². The number of guanidine groups is 1. The maximum atomic E-state index is 5.50. The van der Waals surface area contributed by atoms with Crippen LogP contribution < -0.4 is 5.32 Å². The summed E-state index contributed by atoms with van der Waals surface area (Å²) in [4.78, 5) is 12.7. The number of nitrogens with one attached hydrogen (secondary N) is 1. The fourth-order valence-electron chi connectivity index (χ4n) is 4.72. The van der Waals surface area contributed by atoms with Crippen LogP contribution in [-0.4, -0.2) is 98.8 Å². The molecule has 0 radical (unpaired) electrons. The van der Waals surface area contributed by atoms with Crippen molar-refractivity contribution in [2.24, 2.45) is 10.9 Å². The van der Waals surface area contributed by atoms with E-state index < -0.39 is 0 Å². The first-order chi connectivity index (χ1) is 13.3. The molecule has 2 unspecified atom stereocenters. The molecule has 3 aliphatic heterocycles. The van der Waals surface area contributed by atoms with Gasteiger partial charge < -0.3 is 19.9 Å². The number of hydrogen-bond acceptors (Lipinski definition) is 4. The lowest BCUT2D eigenvalue weighted by atomic mass is 10.0. The van der Waals surface area contributed by atoms with Gasteiger partial charge in [-0.2, -0.15) is 0 Å². The second-order valence-corrected chi connectivity index (χ2v) is 8.53. The summed E-state index contributed by atoms with van der Waals surface area (Å²) in [6.07, 6.45) is 6.50. The van der Waals surface area contributed by atoms with Crippen molar-refractivity contribution in [1.29, 1.82) is 0 Å². The molecule has 1 N–H and O–H groups in total. The Balaban J connectivity index is 1.38. The summed E-state index contributed by atoms with van der Waals surface area (Å²) in [6, 6.07) is 0.666. The van der Waals surface area contributed by atoms with Crippen molar-refractivity contribution in [2.45, 2.75) is 52.0 Å². The summed E-state index contributed by atoms with van der Waals surface area (Å²) in [7, 11) is 0. The Labute approximate surface area is 166 Å². The van der Waals surface area contributed by atoms with Crippen LogP contribution in [0, 0.1) is 5.92 Å². The molecule has 3 rings (SSSR count). The van der Waals surface area contributed by atoms with Crippen LogP contribution in [0.15, 0.2) is 4.99 Å². The minimum atomic E-state index is 0.666. The fourth-order valence-corrected chi connectivity index (χ4v) is 4.72. The SMILES string of the molecule is CCNC(=NCCCCN1CCCC(C)C1)N1CCC(N2CCOCC2)C1. The Morgan fingerprint density at radius 1 is 1.07 bits per heavy atom. The van der Waals surface area contributed by atoms with Gasteiger partial charge in [-0.05, 0) is 58.0 Å². The van der Waals surface area contributed by atoms with Crippen LogP contribution in [0.25, 0.3) is 0 Å². The van der Waals surface area contributed by atoms with Gasteiger partial charge in [0.25, 0.3) is 0 Å². The first kappa shape index (κ1) is 20.9. The number of likely N-dealkylation sites (tertiary alicyclic amines) is 2. The average Bonchev–Trinajstić information content (AvgIpc) is 3.18. The van der Waals surface area contributed by atoms with Crippen LogP contribution in [0.1, 0.15) is 46.0 Å². The molecular formula is C21H41N5O. The zero-order chi connectivity index (χ0) is 18.9. The van der Waals surface area contributed by atoms with Gasteiger partial charge >= 0.3 is 0 Å². The summed E-state index contributed by atoms with van der Waals surface area (Å²) in [5.41, 5.74) is 0. The zero-order valence-corrected chi connectivity index (χ0v) is 17.7. The molecule has 3 heterocycles. The summed E-state index contributed by atoms with van der Waals surface area (Å²) >= 11 is 0. The van der Waals surface area contributed by atoms with E-state index in [9.17, 15) is 0 Å². The number of nitrogens with zero attached hydrogens (tertiary/aromatic N) is 4. The first-order valence-electron chi connectivity index (χ1n) is 11.3. The number of piperidine rings is 1.